The van der Waals surface area contributed by atoms with Gasteiger partial charge in [-0.05, 0) is 6.07 Å². The molecule has 0 aromatic carbocycles. The Morgan fingerprint density at radius 2 is 2.13 bits per heavy atom. The van der Waals surface area contributed by atoms with Gasteiger partial charge in [0.25, 0.3) is 11.8 Å². The van der Waals surface area contributed by atoms with Crippen molar-refractivity contribution in [1.82, 2.24) is 15.2 Å². The minimum absolute atomic E-state index is 0.0469. The predicted octanol–water partition coefficient (Wildman–Crippen LogP) is -1.32. The summed E-state index contributed by atoms with van der Waals surface area (Å²) >= 11 is 8.30. The molecule has 14 nitrogen and oxygen atoms in total. The number of aromatic nitrogens is 2. The van der Waals surface area contributed by atoms with Crippen molar-refractivity contribution in [2.45, 2.75) is 18.0 Å². The monoisotopic (exact) mass is 579 g/mol. The third-order valence-electron chi connectivity index (χ3n) is 5.37. The largest absolute Gasteiger partial charge is 0.543 e. The summed E-state index contributed by atoms with van der Waals surface area (Å²) in [6, 6.07) is 2.27. The van der Waals surface area contributed by atoms with Crippen molar-refractivity contribution >= 4 is 81.8 Å². The summed E-state index contributed by atoms with van der Waals surface area (Å²) in [6.45, 7) is 0.127. The number of anilines is 2. The number of carboxylic acids is 1. The molecule has 0 saturated carbocycles. The lowest BCUT2D eigenvalue weighted by Crippen LogP contribution is -2.71. The summed E-state index contributed by atoms with van der Waals surface area (Å²) in [6.07, 6.45) is 4.21. The molecule has 2 aromatic heterocycles. The van der Waals surface area contributed by atoms with Gasteiger partial charge < -0.3 is 30.7 Å². The number of β-lactam (4-membered cyclic amide) rings is 1. The van der Waals surface area contributed by atoms with Crippen LogP contribution in [0.15, 0.2) is 41.0 Å². The van der Waals surface area contributed by atoms with Crippen LogP contribution < -0.4 is 25.6 Å². The Morgan fingerprint density at radius 1 is 1.37 bits per heavy atom. The van der Waals surface area contributed by atoms with E-state index >= 15 is 0 Å². The van der Waals surface area contributed by atoms with Crippen LogP contribution in [0.25, 0.3) is 0 Å². The lowest BCUT2D eigenvalue weighted by Gasteiger charge is -2.50. The van der Waals surface area contributed by atoms with Crippen LogP contribution in [0.4, 0.5) is 10.8 Å². The van der Waals surface area contributed by atoms with Crippen LogP contribution in [0.3, 0.4) is 0 Å². The fourth-order valence-corrected chi connectivity index (χ4v) is 6.18. The molecule has 1 unspecified atom stereocenters. The molecule has 4 rings (SSSR count). The summed E-state index contributed by atoms with van der Waals surface area (Å²) in [5, 5.41) is 22.5. The van der Waals surface area contributed by atoms with Crippen molar-refractivity contribution in [3.05, 3.63) is 45.8 Å². The molecule has 0 aliphatic carbocycles. The van der Waals surface area contributed by atoms with Crippen LogP contribution in [-0.4, -0.2) is 70.5 Å². The molecule has 2 aliphatic heterocycles. The highest BCUT2D eigenvalue weighted by molar-refractivity contribution is 8.00. The van der Waals surface area contributed by atoms with E-state index in [4.69, 9.17) is 16.4 Å². The van der Waals surface area contributed by atoms with Gasteiger partial charge in [0.15, 0.2) is 29.8 Å². The second-order valence-electron chi connectivity index (χ2n) is 7.65. The Balaban J connectivity index is 1.53. The maximum atomic E-state index is 13.0. The number of oxime groups is 1. The van der Waals surface area contributed by atoms with E-state index in [1.165, 1.54) is 18.9 Å². The van der Waals surface area contributed by atoms with Gasteiger partial charge in [0.2, 0.25) is 12.8 Å². The number of rotatable bonds is 11. The molecule has 0 spiro atoms. The predicted molar refractivity (Wildman–Crippen MR) is 134 cm³/mol. The molecule has 4 amide bonds. The first kappa shape index (κ1) is 27.0. The van der Waals surface area contributed by atoms with Crippen molar-refractivity contribution in [3.8, 4) is 0 Å². The Hall–Kier alpha value is -4.02. The zero-order valence-electron chi connectivity index (χ0n) is 19.4. The van der Waals surface area contributed by atoms with Gasteiger partial charge >= 0.3 is 0 Å². The molecule has 0 bridgehead atoms. The average molecular weight is 580 g/mol. The number of pyridine rings is 1. The Labute approximate surface area is 227 Å². The van der Waals surface area contributed by atoms with E-state index in [1.807, 2.05) is 0 Å². The minimum Gasteiger partial charge on any atom is -0.543 e. The van der Waals surface area contributed by atoms with Crippen molar-refractivity contribution in [2.75, 3.05) is 23.5 Å². The Kier molecular flexibility index (Phi) is 8.23. The number of thiazole rings is 1. The minimum atomic E-state index is -1.53. The molecule has 198 valence electrons. The third kappa shape index (κ3) is 5.32. The molecule has 2 aromatic rings. The number of amides is 4. The molecule has 3 N–H and O–H groups in total. The summed E-state index contributed by atoms with van der Waals surface area (Å²) in [4.78, 5) is 69.4. The summed E-state index contributed by atoms with van der Waals surface area (Å²) < 4.78 is 1.71. The standard InChI is InChI=1S/C21H18ClN7O7S2/c1-36-27-13(12-16(22)38-21(26-12)24-9-31)17(32)25-14-18(33)29-15(20(34)35)10(7-37-19(14)29)5-28-4-2-3-11(6-28)23-8-30/h2-4,6,8-9,14,19H,5,7H2,1H3,(H3-,23,24,25,26,30,31,32,34,35)/b27-13+/t14?,19-/m1/s1. The first-order valence-electron chi connectivity index (χ1n) is 10.6. The number of aliphatic carboxylic acids is 1. The van der Waals surface area contributed by atoms with Gasteiger partial charge in [-0.15, -0.1) is 11.8 Å². The van der Waals surface area contributed by atoms with Gasteiger partial charge in [-0.25, -0.2) is 4.98 Å². The number of hydrogen-bond donors (Lipinski definition) is 3. The zero-order chi connectivity index (χ0) is 27.4. The molecular weight excluding hydrogens is 562 g/mol. The van der Waals surface area contributed by atoms with E-state index in [1.54, 1.807) is 29.1 Å². The van der Waals surface area contributed by atoms with Gasteiger partial charge in [0, 0.05) is 17.4 Å². The average Bonchev–Trinajstić information content (AvgIpc) is 3.25. The quantitative estimate of drug-likeness (QED) is 0.0953. The van der Waals surface area contributed by atoms with Crippen molar-refractivity contribution < 1.29 is 38.5 Å². The SMILES string of the molecule is CO/N=C(/C(=O)NC1C(=O)N2C(C(=O)[O-])=C(C[n+]3cccc(NC=O)c3)CS[C@H]12)c1nc(NC=O)sc1Cl. The topological polar surface area (TPSA) is 186 Å². The first-order chi connectivity index (χ1) is 18.3. The van der Waals surface area contributed by atoms with E-state index in [-0.39, 0.29) is 38.9 Å². The van der Waals surface area contributed by atoms with Gasteiger partial charge in [-0.1, -0.05) is 28.1 Å². The highest BCUT2D eigenvalue weighted by Gasteiger charge is 2.53. The van der Waals surface area contributed by atoms with Gasteiger partial charge in [0.05, 0.1) is 11.7 Å². The van der Waals surface area contributed by atoms with Crippen molar-refractivity contribution in [2.24, 2.45) is 5.16 Å². The third-order valence-corrected chi connectivity index (χ3v) is 7.90. The molecule has 4 heterocycles. The van der Waals surface area contributed by atoms with Crippen LogP contribution in [0.2, 0.25) is 4.34 Å². The molecule has 17 heteroatoms. The summed E-state index contributed by atoms with van der Waals surface area (Å²) in [7, 11) is 1.20. The van der Waals surface area contributed by atoms with Crippen molar-refractivity contribution in [1.29, 1.82) is 0 Å². The molecule has 0 radical (unpaired) electrons. The number of halogens is 1. The van der Waals surface area contributed by atoms with Crippen LogP contribution in [0.5, 0.6) is 0 Å². The van der Waals surface area contributed by atoms with E-state index in [0.29, 0.717) is 24.1 Å². The normalized spacial score (nSPS) is 18.7. The lowest BCUT2D eigenvalue weighted by molar-refractivity contribution is -0.688. The van der Waals surface area contributed by atoms with Gasteiger partial charge in [0.1, 0.15) is 34.2 Å². The second-order valence-corrected chi connectivity index (χ2v) is 10.4. The van der Waals surface area contributed by atoms with E-state index in [9.17, 15) is 29.1 Å². The molecular formula is C21H18ClN7O7S2. The zero-order valence-corrected chi connectivity index (χ0v) is 21.8. The van der Waals surface area contributed by atoms with Gasteiger partial charge in [-0.3, -0.25) is 24.1 Å². The fourth-order valence-electron chi connectivity index (χ4n) is 3.84. The second kappa shape index (κ2) is 11.6. The first-order valence-corrected chi connectivity index (χ1v) is 12.9. The van der Waals surface area contributed by atoms with Crippen LogP contribution >= 0.6 is 34.7 Å². The van der Waals surface area contributed by atoms with E-state index < -0.39 is 29.2 Å². The highest BCUT2D eigenvalue weighted by Crippen LogP contribution is 2.40. The number of carboxylic acid groups (broad SMARTS) is 1. The maximum Gasteiger partial charge on any atom is 0.276 e. The van der Waals surface area contributed by atoms with Crippen molar-refractivity contribution in [3.63, 3.8) is 0 Å². The number of carbonyl (C=O) groups is 5. The van der Waals surface area contributed by atoms with Crippen LogP contribution in [0, 0.1) is 0 Å². The van der Waals surface area contributed by atoms with Gasteiger partial charge in [-0.2, -0.15) is 4.57 Å². The molecule has 1 fully saturated rings. The van der Waals surface area contributed by atoms with Crippen LogP contribution in [0.1, 0.15) is 5.69 Å². The lowest BCUT2D eigenvalue weighted by atomic mass is 10.0. The Morgan fingerprint density at radius 3 is 2.82 bits per heavy atom. The number of carbonyl (C=O) groups excluding carboxylic acids is 5. The summed E-state index contributed by atoms with van der Waals surface area (Å²) in [5.74, 6) is -2.79. The Bertz CT molecular complexity index is 1380. The van der Waals surface area contributed by atoms with E-state index in [0.717, 1.165) is 16.2 Å². The number of nitrogens with zero attached hydrogens (tertiary/aromatic N) is 4. The number of fused-ring (bicyclic) bond motifs is 1. The molecule has 2 atom stereocenters. The smallest absolute Gasteiger partial charge is 0.276 e. The fraction of sp³-hybridized carbons (Fsp3) is 0.238. The molecule has 1 saturated heterocycles. The van der Waals surface area contributed by atoms with Crippen LogP contribution in [-0.2, 0) is 35.4 Å². The maximum absolute atomic E-state index is 13.0. The number of hydrogen-bond acceptors (Lipinski definition) is 11. The number of thioether (sulfide) groups is 1. The van der Waals surface area contributed by atoms with E-state index in [2.05, 4.69) is 26.1 Å². The molecule has 2 aliphatic rings. The number of nitrogens with one attached hydrogen (secondary N) is 3. The summed E-state index contributed by atoms with van der Waals surface area (Å²) in [5.41, 5.74) is 0.245. The highest BCUT2D eigenvalue weighted by atomic mass is 35.5. The molecule has 38 heavy (non-hydrogen) atoms.